The Morgan fingerprint density at radius 1 is 1.35 bits per heavy atom. The van der Waals surface area contributed by atoms with E-state index in [1.54, 1.807) is 6.20 Å². The van der Waals surface area contributed by atoms with E-state index >= 15 is 0 Å². The molecule has 1 aliphatic rings. The molecule has 0 atom stereocenters. The molecule has 6 heteroatoms. The number of hydrogen-bond acceptors (Lipinski definition) is 5. The van der Waals surface area contributed by atoms with Crippen molar-refractivity contribution >= 4 is 22.8 Å². The SMILES string of the molecule is CCN(CC)CC=CC(=O)Nc1ncc2ccc(OCC3CC3)cc2n1. The number of likely N-dealkylation sites (N-methyl/N-ethyl adjacent to an activating group) is 1. The summed E-state index contributed by atoms with van der Waals surface area (Å²) in [6, 6.07) is 5.76. The first kappa shape index (κ1) is 18.3. The molecule has 1 aromatic heterocycles. The maximum atomic E-state index is 12.0. The number of nitrogens with one attached hydrogen (secondary N) is 1. The Morgan fingerprint density at radius 3 is 2.88 bits per heavy atom. The van der Waals surface area contributed by atoms with Gasteiger partial charge in [0.05, 0.1) is 12.1 Å². The van der Waals surface area contributed by atoms with Crippen LogP contribution in [0.5, 0.6) is 5.75 Å². The van der Waals surface area contributed by atoms with Gasteiger partial charge in [-0.15, -0.1) is 0 Å². The Morgan fingerprint density at radius 2 is 2.15 bits per heavy atom. The molecule has 0 spiro atoms. The van der Waals surface area contributed by atoms with Crippen molar-refractivity contribution in [2.75, 3.05) is 31.6 Å². The summed E-state index contributed by atoms with van der Waals surface area (Å²) in [6.07, 6.45) is 7.61. The van der Waals surface area contributed by atoms with E-state index in [4.69, 9.17) is 4.74 Å². The van der Waals surface area contributed by atoms with Gasteiger partial charge in [-0.25, -0.2) is 9.97 Å². The molecule has 1 fully saturated rings. The molecule has 138 valence electrons. The molecule has 26 heavy (non-hydrogen) atoms. The largest absolute Gasteiger partial charge is 0.493 e. The van der Waals surface area contributed by atoms with Crippen LogP contribution in [0.3, 0.4) is 0 Å². The number of nitrogens with zero attached hydrogens (tertiary/aromatic N) is 3. The molecule has 0 saturated heterocycles. The summed E-state index contributed by atoms with van der Waals surface area (Å²) in [5.74, 6) is 1.58. The number of carbonyl (C=O) groups excluding carboxylic acids is 1. The number of hydrogen-bond donors (Lipinski definition) is 1. The Kier molecular flexibility index (Phi) is 6.17. The second kappa shape index (κ2) is 8.76. The lowest BCUT2D eigenvalue weighted by Crippen LogP contribution is -2.23. The topological polar surface area (TPSA) is 67.4 Å². The Labute approximate surface area is 154 Å². The first-order chi connectivity index (χ1) is 12.7. The minimum absolute atomic E-state index is 0.224. The van der Waals surface area contributed by atoms with Gasteiger partial charge in [0, 0.05) is 30.3 Å². The van der Waals surface area contributed by atoms with Crippen LogP contribution < -0.4 is 10.1 Å². The molecule has 1 aliphatic carbocycles. The van der Waals surface area contributed by atoms with Crippen LogP contribution in [-0.2, 0) is 4.79 Å². The monoisotopic (exact) mass is 354 g/mol. The van der Waals surface area contributed by atoms with Crippen molar-refractivity contribution in [3.63, 3.8) is 0 Å². The average Bonchev–Trinajstić information content (AvgIpc) is 3.48. The lowest BCUT2D eigenvalue weighted by Gasteiger charge is -2.14. The molecular weight excluding hydrogens is 328 g/mol. The molecule has 6 nitrogen and oxygen atoms in total. The van der Waals surface area contributed by atoms with E-state index in [1.807, 2.05) is 24.3 Å². The van der Waals surface area contributed by atoms with Crippen LogP contribution >= 0.6 is 0 Å². The highest BCUT2D eigenvalue weighted by atomic mass is 16.5. The number of ether oxygens (including phenoxy) is 1. The molecule has 1 heterocycles. The molecule has 1 aromatic carbocycles. The van der Waals surface area contributed by atoms with Gasteiger partial charge in [0.2, 0.25) is 11.9 Å². The number of benzene rings is 1. The van der Waals surface area contributed by atoms with Gasteiger partial charge in [0.25, 0.3) is 0 Å². The van der Waals surface area contributed by atoms with E-state index < -0.39 is 0 Å². The zero-order valence-electron chi connectivity index (χ0n) is 15.4. The lowest BCUT2D eigenvalue weighted by atomic mass is 10.2. The first-order valence-corrected chi connectivity index (χ1v) is 9.27. The van der Waals surface area contributed by atoms with E-state index in [0.29, 0.717) is 11.9 Å². The van der Waals surface area contributed by atoms with Crippen molar-refractivity contribution < 1.29 is 9.53 Å². The highest BCUT2D eigenvalue weighted by Gasteiger charge is 2.21. The molecular formula is C20H26N4O2. The number of carbonyl (C=O) groups is 1. The molecule has 1 amide bonds. The van der Waals surface area contributed by atoms with Crippen molar-refractivity contribution in [1.82, 2.24) is 14.9 Å². The van der Waals surface area contributed by atoms with E-state index in [1.165, 1.54) is 18.9 Å². The summed E-state index contributed by atoms with van der Waals surface area (Å²) in [5, 5.41) is 3.63. The summed E-state index contributed by atoms with van der Waals surface area (Å²) in [4.78, 5) is 22.9. The van der Waals surface area contributed by atoms with Crippen LogP contribution in [0.15, 0.2) is 36.5 Å². The fraction of sp³-hybridized carbons (Fsp3) is 0.450. The zero-order valence-corrected chi connectivity index (χ0v) is 15.4. The number of fused-ring (bicyclic) bond motifs is 1. The van der Waals surface area contributed by atoms with Gasteiger partial charge < -0.3 is 9.64 Å². The van der Waals surface area contributed by atoms with Crippen molar-refractivity contribution in [3.05, 3.63) is 36.5 Å². The molecule has 3 rings (SSSR count). The minimum atomic E-state index is -0.224. The fourth-order valence-corrected chi connectivity index (χ4v) is 2.59. The summed E-state index contributed by atoms with van der Waals surface area (Å²) in [5.41, 5.74) is 0.760. The van der Waals surface area contributed by atoms with Gasteiger partial charge in [0.1, 0.15) is 5.75 Å². The van der Waals surface area contributed by atoms with Gasteiger partial charge in [0.15, 0.2) is 0 Å². The molecule has 0 bridgehead atoms. The maximum Gasteiger partial charge on any atom is 0.250 e. The Hall–Kier alpha value is -2.47. The van der Waals surface area contributed by atoms with Crippen LogP contribution in [0, 0.1) is 5.92 Å². The van der Waals surface area contributed by atoms with E-state index in [-0.39, 0.29) is 5.91 Å². The van der Waals surface area contributed by atoms with E-state index in [0.717, 1.165) is 42.9 Å². The van der Waals surface area contributed by atoms with Gasteiger partial charge in [-0.05, 0) is 44.0 Å². The maximum absolute atomic E-state index is 12.0. The standard InChI is InChI=1S/C20H26N4O2/c1-3-24(4-2)11-5-6-19(25)23-20-21-13-16-9-10-17(12-18(16)22-20)26-14-15-7-8-15/h5-6,9-10,12-13,15H,3-4,7-8,11,14H2,1-2H3,(H,21,22,23,25). The number of aromatic nitrogens is 2. The lowest BCUT2D eigenvalue weighted by molar-refractivity contribution is -0.112. The van der Waals surface area contributed by atoms with E-state index in [9.17, 15) is 4.79 Å². The molecule has 1 saturated carbocycles. The minimum Gasteiger partial charge on any atom is -0.493 e. The highest BCUT2D eigenvalue weighted by Crippen LogP contribution is 2.30. The van der Waals surface area contributed by atoms with Crippen LogP contribution in [-0.4, -0.2) is 47.0 Å². The summed E-state index contributed by atoms with van der Waals surface area (Å²) >= 11 is 0. The number of rotatable bonds is 9. The number of amides is 1. The van der Waals surface area contributed by atoms with Crippen molar-refractivity contribution in [3.8, 4) is 5.75 Å². The molecule has 0 radical (unpaired) electrons. The quantitative estimate of drug-likeness (QED) is 0.700. The predicted molar refractivity (Wildman–Crippen MR) is 103 cm³/mol. The second-order valence-corrected chi connectivity index (χ2v) is 6.55. The molecule has 2 aromatic rings. The van der Waals surface area contributed by atoms with Crippen LogP contribution in [0.1, 0.15) is 26.7 Å². The Balaban J connectivity index is 1.61. The smallest absolute Gasteiger partial charge is 0.250 e. The third-order valence-corrected chi connectivity index (χ3v) is 4.50. The summed E-state index contributed by atoms with van der Waals surface area (Å²) in [7, 11) is 0. The normalized spacial score (nSPS) is 14.3. The third kappa shape index (κ3) is 5.26. The number of anilines is 1. The third-order valence-electron chi connectivity index (χ3n) is 4.50. The van der Waals surface area contributed by atoms with Crippen molar-refractivity contribution in [2.24, 2.45) is 5.92 Å². The van der Waals surface area contributed by atoms with Crippen LogP contribution in [0.25, 0.3) is 10.9 Å². The van der Waals surface area contributed by atoms with Gasteiger partial charge in [-0.2, -0.15) is 0 Å². The molecule has 0 unspecified atom stereocenters. The fourth-order valence-electron chi connectivity index (χ4n) is 2.59. The average molecular weight is 354 g/mol. The molecule has 1 N–H and O–H groups in total. The van der Waals surface area contributed by atoms with Crippen LogP contribution in [0.4, 0.5) is 5.95 Å². The van der Waals surface area contributed by atoms with Crippen molar-refractivity contribution in [1.29, 1.82) is 0 Å². The van der Waals surface area contributed by atoms with Gasteiger partial charge in [-0.3, -0.25) is 10.1 Å². The first-order valence-electron chi connectivity index (χ1n) is 9.27. The van der Waals surface area contributed by atoms with Gasteiger partial charge >= 0.3 is 0 Å². The molecule has 0 aliphatic heterocycles. The predicted octanol–water partition coefficient (Wildman–Crippen LogP) is 3.26. The summed E-state index contributed by atoms with van der Waals surface area (Å²) < 4.78 is 5.79. The second-order valence-electron chi connectivity index (χ2n) is 6.55. The highest BCUT2D eigenvalue weighted by molar-refractivity contribution is 5.98. The Bertz CT molecular complexity index is 782. The van der Waals surface area contributed by atoms with Crippen molar-refractivity contribution in [2.45, 2.75) is 26.7 Å². The van der Waals surface area contributed by atoms with E-state index in [2.05, 4.69) is 34.0 Å². The summed E-state index contributed by atoms with van der Waals surface area (Å²) in [6.45, 7) is 7.63. The van der Waals surface area contributed by atoms with Crippen LogP contribution in [0.2, 0.25) is 0 Å². The van der Waals surface area contributed by atoms with Gasteiger partial charge in [-0.1, -0.05) is 19.9 Å². The zero-order chi connectivity index (χ0) is 18.4.